The lowest BCUT2D eigenvalue weighted by atomic mass is 9.95. The average Bonchev–Trinajstić information content (AvgIpc) is 3.09. The number of ether oxygens (including phenoxy) is 1. The predicted molar refractivity (Wildman–Crippen MR) is 81.1 cm³/mol. The minimum atomic E-state index is 0.512. The third-order valence-electron chi connectivity index (χ3n) is 4.59. The van der Waals surface area contributed by atoms with E-state index in [0.29, 0.717) is 11.8 Å². The van der Waals surface area contributed by atoms with Gasteiger partial charge in [-0.15, -0.1) is 0 Å². The number of aryl methyl sites for hydroxylation is 1. The number of aromatic nitrogens is 2. The van der Waals surface area contributed by atoms with Gasteiger partial charge in [0.1, 0.15) is 11.6 Å². The van der Waals surface area contributed by atoms with Crippen LogP contribution in [0.3, 0.4) is 0 Å². The molecule has 1 aliphatic rings. The molecule has 1 fully saturated rings. The molecular formula is C16H23N3O. The molecule has 0 amide bonds. The molecule has 1 aliphatic carbocycles. The van der Waals surface area contributed by atoms with E-state index in [1.165, 1.54) is 30.6 Å². The molecule has 4 nitrogen and oxygen atoms in total. The number of imidazole rings is 1. The van der Waals surface area contributed by atoms with E-state index in [2.05, 4.69) is 17.6 Å². The fourth-order valence-corrected chi connectivity index (χ4v) is 3.53. The Morgan fingerprint density at radius 1 is 1.40 bits per heavy atom. The summed E-state index contributed by atoms with van der Waals surface area (Å²) in [7, 11) is 1.69. The normalized spacial score (nSPS) is 22.6. The molecular weight excluding hydrogens is 250 g/mol. The van der Waals surface area contributed by atoms with E-state index in [0.717, 1.165) is 24.4 Å². The predicted octanol–water partition coefficient (Wildman–Crippen LogP) is 2.91. The summed E-state index contributed by atoms with van der Waals surface area (Å²) in [5.74, 6) is 3.17. The van der Waals surface area contributed by atoms with Crippen LogP contribution in [-0.4, -0.2) is 23.2 Å². The van der Waals surface area contributed by atoms with Crippen LogP contribution in [0.4, 0.5) is 0 Å². The molecule has 0 bridgehead atoms. The molecule has 0 saturated heterocycles. The van der Waals surface area contributed by atoms with Crippen LogP contribution in [0.2, 0.25) is 0 Å². The Morgan fingerprint density at radius 3 is 2.95 bits per heavy atom. The molecule has 1 aromatic heterocycles. The van der Waals surface area contributed by atoms with Gasteiger partial charge in [-0.1, -0.05) is 6.42 Å². The first-order chi connectivity index (χ1) is 9.78. The Kier molecular flexibility index (Phi) is 3.66. The quantitative estimate of drug-likeness (QED) is 0.932. The van der Waals surface area contributed by atoms with Gasteiger partial charge in [-0.2, -0.15) is 0 Å². The molecule has 1 saturated carbocycles. The van der Waals surface area contributed by atoms with Crippen molar-refractivity contribution in [3.8, 4) is 5.75 Å². The Bertz CT molecular complexity index is 605. The number of nitrogens with zero attached hydrogens (tertiary/aromatic N) is 2. The second-order valence-corrected chi connectivity index (χ2v) is 5.60. The van der Waals surface area contributed by atoms with E-state index in [-0.39, 0.29) is 0 Å². The van der Waals surface area contributed by atoms with Crippen molar-refractivity contribution in [2.75, 3.05) is 13.7 Å². The minimum Gasteiger partial charge on any atom is -0.497 e. The van der Waals surface area contributed by atoms with E-state index in [4.69, 9.17) is 15.5 Å². The Labute approximate surface area is 119 Å². The lowest BCUT2D eigenvalue weighted by Gasteiger charge is -2.18. The lowest BCUT2D eigenvalue weighted by molar-refractivity contribution is 0.415. The van der Waals surface area contributed by atoms with Crippen molar-refractivity contribution in [1.29, 1.82) is 0 Å². The van der Waals surface area contributed by atoms with E-state index in [9.17, 15) is 0 Å². The van der Waals surface area contributed by atoms with Crippen LogP contribution in [0, 0.1) is 5.92 Å². The topological polar surface area (TPSA) is 53.1 Å². The molecule has 20 heavy (non-hydrogen) atoms. The van der Waals surface area contributed by atoms with Crippen molar-refractivity contribution >= 4 is 11.0 Å². The summed E-state index contributed by atoms with van der Waals surface area (Å²) < 4.78 is 7.64. The molecule has 2 atom stereocenters. The summed E-state index contributed by atoms with van der Waals surface area (Å²) in [4.78, 5) is 4.90. The van der Waals surface area contributed by atoms with Gasteiger partial charge >= 0.3 is 0 Å². The molecule has 3 rings (SSSR count). The first kappa shape index (κ1) is 13.4. The van der Waals surface area contributed by atoms with Gasteiger partial charge in [0, 0.05) is 18.5 Å². The first-order valence-electron chi connectivity index (χ1n) is 7.52. The van der Waals surface area contributed by atoms with Gasteiger partial charge in [-0.25, -0.2) is 4.98 Å². The van der Waals surface area contributed by atoms with E-state index in [1.807, 2.05) is 12.1 Å². The number of rotatable bonds is 4. The number of hydrogen-bond acceptors (Lipinski definition) is 3. The van der Waals surface area contributed by atoms with E-state index in [1.54, 1.807) is 7.11 Å². The fraction of sp³-hybridized carbons (Fsp3) is 0.562. The molecule has 4 heteroatoms. The van der Waals surface area contributed by atoms with Gasteiger partial charge in [0.25, 0.3) is 0 Å². The maximum atomic E-state index is 5.94. The number of nitrogens with two attached hydrogens (primary N) is 1. The summed E-state index contributed by atoms with van der Waals surface area (Å²) in [5, 5.41) is 0. The smallest absolute Gasteiger partial charge is 0.121 e. The van der Waals surface area contributed by atoms with Crippen molar-refractivity contribution < 1.29 is 4.74 Å². The van der Waals surface area contributed by atoms with Gasteiger partial charge in [0.2, 0.25) is 0 Å². The van der Waals surface area contributed by atoms with Crippen molar-refractivity contribution in [2.24, 2.45) is 11.7 Å². The van der Waals surface area contributed by atoms with Crippen LogP contribution < -0.4 is 10.5 Å². The third-order valence-corrected chi connectivity index (χ3v) is 4.59. The van der Waals surface area contributed by atoms with Crippen LogP contribution >= 0.6 is 0 Å². The zero-order valence-electron chi connectivity index (χ0n) is 12.3. The molecule has 0 spiro atoms. The third kappa shape index (κ3) is 2.08. The van der Waals surface area contributed by atoms with Crippen molar-refractivity contribution in [2.45, 2.75) is 38.6 Å². The summed E-state index contributed by atoms with van der Waals surface area (Å²) in [5.41, 5.74) is 8.17. The molecule has 0 radical (unpaired) electrons. The highest BCUT2D eigenvalue weighted by Crippen LogP contribution is 2.39. The van der Waals surface area contributed by atoms with Crippen molar-refractivity contribution in [3.05, 3.63) is 24.0 Å². The number of benzene rings is 1. The van der Waals surface area contributed by atoms with Crippen molar-refractivity contribution in [3.63, 3.8) is 0 Å². The number of methoxy groups -OCH3 is 1. The number of fused-ring (bicyclic) bond motifs is 1. The number of hydrogen-bond donors (Lipinski definition) is 1. The summed E-state index contributed by atoms with van der Waals surface area (Å²) in [6.45, 7) is 3.90. The highest BCUT2D eigenvalue weighted by molar-refractivity contribution is 5.78. The van der Waals surface area contributed by atoms with Gasteiger partial charge in [-0.05, 0) is 44.4 Å². The monoisotopic (exact) mass is 273 g/mol. The summed E-state index contributed by atoms with van der Waals surface area (Å²) in [6.07, 6.45) is 3.71. The summed E-state index contributed by atoms with van der Waals surface area (Å²) >= 11 is 0. The average molecular weight is 273 g/mol. The SMILES string of the molecule is CCn1c(C2CCCC2CN)nc2cc(OC)ccc21. The highest BCUT2D eigenvalue weighted by atomic mass is 16.5. The standard InChI is InChI=1S/C16H23N3O/c1-3-19-15-8-7-12(20-2)9-14(15)18-16(19)13-6-4-5-11(13)10-17/h7-9,11,13H,3-6,10,17H2,1-2H3. The maximum absolute atomic E-state index is 5.94. The largest absolute Gasteiger partial charge is 0.497 e. The highest BCUT2D eigenvalue weighted by Gasteiger charge is 2.31. The molecule has 0 aliphatic heterocycles. The molecule has 1 heterocycles. The fourth-order valence-electron chi connectivity index (χ4n) is 3.53. The Hall–Kier alpha value is -1.55. The molecule has 2 unspecified atom stereocenters. The summed E-state index contributed by atoms with van der Waals surface area (Å²) in [6, 6.07) is 6.15. The molecule has 1 aromatic carbocycles. The minimum absolute atomic E-state index is 0.512. The zero-order chi connectivity index (χ0) is 14.1. The molecule has 2 aromatic rings. The van der Waals surface area contributed by atoms with Crippen LogP contribution in [0.25, 0.3) is 11.0 Å². The molecule has 108 valence electrons. The van der Waals surface area contributed by atoms with Crippen LogP contribution in [-0.2, 0) is 6.54 Å². The van der Waals surface area contributed by atoms with Gasteiger partial charge in [0.05, 0.1) is 18.1 Å². The Balaban J connectivity index is 2.10. The van der Waals surface area contributed by atoms with Gasteiger partial charge < -0.3 is 15.0 Å². The lowest BCUT2D eigenvalue weighted by Crippen LogP contribution is -2.20. The molecule has 2 N–H and O–H groups in total. The van der Waals surface area contributed by atoms with Gasteiger partial charge in [0.15, 0.2) is 0 Å². The van der Waals surface area contributed by atoms with Crippen LogP contribution in [0.15, 0.2) is 18.2 Å². The van der Waals surface area contributed by atoms with Crippen LogP contribution in [0.5, 0.6) is 5.75 Å². The van der Waals surface area contributed by atoms with Gasteiger partial charge in [-0.3, -0.25) is 0 Å². The van der Waals surface area contributed by atoms with E-state index >= 15 is 0 Å². The zero-order valence-corrected chi connectivity index (χ0v) is 12.3. The van der Waals surface area contributed by atoms with Crippen molar-refractivity contribution in [1.82, 2.24) is 9.55 Å². The second kappa shape index (κ2) is 5.44. The van der Waals surface area contributed by atoms with E-state index < -0.39 is 0 Å². The second-order valence-electron chi connectivity index (χ2n) is 5.60. The Morgan fingerprint density at radius 2 is 2.25 bits per heavy atom. The maximum Gasteiger partial charge on any atom is 0.121 e. The first-order valence-corrected chi connectivity index (χ1v) is 7.52. The van der Waals surface area contributed by atoms with Crippen LogP contribution in [0.1, 0.15) is 37.9 Å².